The van der Waals surface area contributed by atoms with Crippen LogP contribution in [-0.2, 0) is 4.79 Å². The molecule has 184 valence electrons. The number of rotatable bonds is 8. The lowest BCUT2D eigenvalue weighted by Gasteiger charge is -2.15. The number of ether oxygens (including phenoxy) is 2. The van der Waals surface area contributed by atoms with Crippen LogP contribution in [0.2, 0.25) is 0 Å². The molecule has 4 rings (SSSR count). The molecule has 0 saturated carbocycles. The Bertz CT molecular complexity index is 1480. The molecule has 0 spiro atoms. The van der Waals surface area contributed by atoms with Crippen LogP contribution in [0.15, 0.2) is 71.4 Å². The van der Waals surface area contributed by atoms with Crippen molar-refractivity contribution < 1.29 is 23.6 Å². The lowest BCUT2D eigenvalue weighted by Crippen LogP contribution is -2.09. The Morgan fingerprint density at radius 2 is 1.92 bits per heavy atom. The Kier molecular flexibility index (Phi) is 7.05. The predicted octanol–water partition coefficient (Wildman–Crippen LogP) is 6.77. The third kappa shape index (κ3) is 4.79. The third-order valence-electron chi connectivity index (χ3n) is 5.83. The van der Waals surface area contributed by atoms with E-state index in [2.05, 4.69) is 5.32 Å². The fraction of sp³-hybridized carbons (Fsp3) is 0.179. The molecule has 0 bridgehead atoms. The SMILES string of the molecule is CCOc1c(/C(C)=C/C(=O)Nc2cccc([N+](=O)[O-])c2)cc2c(-c3ccccc3OC)coc2c1C. The van der Waals surface area contributed by atoms with Gasteiger partial charge in [-0.2, -0.15) is 0 Å². The van der Waals surface area contributed by atoms with E-state index in [-0.39, 0.29) is 5.69 Å². The van der Waals surface area contributed by atoms with Gasteiger partial charge in [0.15, 0.2) is 0 Å². The number of amides is 1. The average Bonchev–Trinajstić information content (AvgIpc) is 3.29. The number of methoxy groups -OCH3 is 1. The molecule has 1 amide bonds. The van der Waals surface area contributed by atoms with Crippen LogP contribution in [0.4, 0.5) is 11.4 Å². The van der Waals surface area contributed by atoms with Crippen molar-refractivity contribution in [2.45, 2.75) is 20.8 Å². The number of furan rings is 1. The van der Waals surface area contributed by atoms with Gasteiger partial charge in [-0.05, 0) is 44.5 Å². The van der Waals surface area contributed by atoms with E-state index in [0.29, 0.717) is 29.2 Å². The van der Waals surface area contributed by atoms with Crippen molar-refractivity contribution in [3.8, 4) is 22.6 Å². The number of anilines is 1. The lowest BCUT2D eigenvalue weighted by molar-refractivity contribution is -0.384. The summed E-state index contributed by atoms with van der Waals surface area (Å²) in [6.07, 6.45) is 3.15. The molecule has 36 heavy (non-hydrogen) atoms. The van der Waals surface area contributed by atoms with Crippen LogP contribution < -0.4 is 14.8 Å². The first kappa shape index (κ1) is 24.5. The molecular formula is C28H26N2O6. The second-order valence-corrected chi connectivity index (χ2v) is 8.16. The van der Waals surface area contributed by atoms with Crippen LogP contribution in [0.1, 0.15) is 25.0 Å². The molecule has 4 aromatic rings. The summed E-state index contributed by atoms with van der Waals surface area (Å²) in [5.74, 6) is 0.935. The van der Waals surface area contributed by atoms with Crippen LogP contribution in [0.3, 0.4) is 0 Å². The normalized spacial score (nSPS) is 11.4. The summed E-state index contributed by atoms with van der Waals surface area (Å²) in [4.78, 5) is 23.3. The van der Waals surface area contributed by atoms with Crippen LogP contribution in [0.25, 0.3) is 27.7 Å². The van der Waals surface area contributed by atoms with Gasteiger partial charge in [0.1, 0.15) is 17.1 Å². The zero-order chi connectivity index (χ0) is 25.8. The largest absolute Gasteiger partial charge is 0.496 e. The van der Waals surface area contributed by atoms with E-state index in [1.165, 1.54) is 24.3 Å². The minimum Gasteiger partial charge on any atom is -0.496 e. The van der Waals surface area contributed by atoms with E-state index in [0.717, 1.165) is 33.4 Å². The summed E-state index contributed by atoms with van der Waals surface area (Å²) in [5, 5.41) is 14.6. The van der Waals surface area contributed by atoms with Crippen molar-refractivity contribution >= 4 is 33.8 Å². The van der Waals surface area contributed by atoms with Crippen molar-refractivity contribution in [3.63, 3.8) is 0 Å². The standard InChI is InChI=1S/C28H26N2O6/c1-5-35-27-18(3)28-23(24(16-36-28)21-11-6-7-12-25(21)34-4)15-22(27)17(2)13-26(31)29-19-9-8-10-20(14-19)30(32)33/h6-16H,5H2,1-4H3,(H,29,31)/b17-13+. The molecule has 0 radical (unpaired) electrons. The molecule has 8 heteroatoms. The molecule has 0 aliphatic heterocycles. The third-order valence-corrected chi connectivity index (χ3v) is 5.83. The number of carbonyl (C=O) groups excluding carboxylic acids is 1. The highest BCUT2D eigenvalue weighted by Gasteiger charge is 2.20. The summed E-state index contributed by atoms with van der Waals surface area (Å²) in [5.41, 5.74) is 4.91. The van der Waals surface area contributed by atoms with Crippen molar-refractivity contribution in [2.24, 2.45) is 0 Å². The zero-order valence-electron chi connectivity index (χ0n) is 20.5. The first-order valence-electron chi connectivity index (χ1n) is 11.4. The number of hydrogen-bond donors (Lipinski definition) is 1. The minimum atomic E-state index is -0.507. The highest BCUT2D eigenvalue weighted by molar-refractivity contribution is 6.06. The van der Waals surface area contributed by atoms with Gasteiger partial charge in [0, 0.05) is 51.5 Å². The van der Waals surface area contributed by atoms with E-state index in [4.69, 9.17) is 13.9 Å². The molecule has 3 aromatic carbocycles. The maximum absolute atomic E-state index is 12.8. The highest BCUT2D eigenvalue weighted by atomic mass is 16.6. The Labute approximate surface area is 208 Å². The molecule has 1 heterocycles. The number of para-hydroxylation sites is 1. The Hall–Kier alpha value is -4.59. The van der Waals surface area contributed by atoms with E-state index >= 15 is 0 Å². The van der Waals surface area contributed by atoms with Crippen molar-refractivity contribution in [3.05, 3.63) is 88.2 Å². The number of hydrogen-bond acceptors (Lipinski definition) is 6. The number of carbonyl (C=O) groups is 1. The molecule has 1 N–H and O–H groups in total. The van der Waals surface area contributed by atoms with Gasteiger partial charge in [-0.3, -0.25) is 14.9 Å². The van der Waals surface area contributed by atoms with E-state index in [9.17, 15) is 14.9 Å². The number of nitrogens with one attached hydrogen (secondary N) is 1. The van der Waals surface area contributed by atoms with Gasteiger partial charge in [0.2, 0.25) is 5.91 Å². The molecule has 0 atom stereocenters. The number of nitro benzene ring substituents is 1. The summed E-state index contributed by atoms with van der Waals surface area (Å²) < 4.78 is 17.5. The fourth-order valence-corrected chi connectivity index (χ4v) is 4.16. The molecule has 0 unspecified atom stereocenters. The Morgan fingerprint density at radius 3 is 2.64 bits per heavy atom. The highest BCUT2D eigenvalue weighted by Crippen LogP contribution is 2.42. The molecule has 8 nitrogen and oxygen atoms in total. The average molecular weight is 487 g/mol. The van der Waals surface area contributed by atoms with Gasteiger partial charge in [-0.15, -0.1) is 0 Å². The first-order valence-corrected chi connectivity index (χ1v) is 11.4. The van der Waals surface area contributed by atoms with Gasteiger partial charge in [-0.25, -0.2) is 0 Å². The molecule has 1 aromatic heterocycles. The van der Waals surface area contributed by atoms with Crippen molar-refractivity contribution in [1.82, 2.24) is 0 Å². The van der Waals surface area contributed by atoms with Crippen LogP contribution in [-0.4, -0.2) is 24.5 Å². The Morgan fingerprint density at radius 1 is 1.14 bits per heavy atom. The second kappa shape index (κ2) is 10.4. The lowest BCUT2D eigenvalue weighted by atomic mass is 9.96. The maximum atomic E-state index is 12.8. The van der Waals surface area contributed by atoms with Gasteiger partial charge >= 0.3 is 0 Å². The van der Waals surface area contributed by atoms with Crippen LogP contribution >= 0.6 is 0 Å². The smallest absolute Gasteiger partial charge is 0.271 e. The minimum absolute atomic E-state index is 0.1000. The first-order chi connectivity index (χ1) is 17.3. The number of allylic oxidation sites excluding steroid dienone is 1. The van der Waals surface area contributed by atoms with Crippen molar-refractivity contribution in [1.29, 1.82) is 0 Å². The number of nitro groups is 1. The number of benzene rings is 3. The van der Waals surface area contributed by atoms with E-state index in [1.807, 2.05) is 51.1 Å². The monoisotopic (exact) mass is 486 g/mol. The van der Waals surface area contributed by atoms with Crippen LogP contribution in [0, 0.1) is 17.0 Å². The topological polar surface area (TPSA) is 104 Å². The van der Waals surface area contributed by atoms with Crippen LogP contribution in [0.5, 0.6) is 11.5 Å². The Balaban J connectivity index is 1.78. The summed E-state index contributed by atoms with van der Waals surface area (Å²) in [7, 11) is 1.62. The van der Waals surface area contributed by atoms with Gasteiger partial charge in [-0.1, -0.05) is 24.3 Å². The number of nitrogens with zero attached hydrogens (tertiary/aromatic N) is 1. The van der Waals surface area contributed by atoms with E-state index in [1.54, 1.807) is 19.4 Å². The zero-order valence-corrected chi connectivity index (χ0v) is 20.5. The summed E-state index contributed by atoms with van der Waals surface area (Å²) in [6, 6.07) is 15.4. The van der Waals surface area contributed by atoms with Gasteiger partial charge in [0.05, 0.1) is 24.9 Å². The fourth-order valence-electron chi connectivity index (χ4n) is 4.16. The molecule has 0 aliphatic carbocycles. The number of fused-ring (bicyclic) bond motifs is 1. The van der Waals surface area contributed by atoms with E-state index < -0.39 is 10.8 Å². The van der Waals surface area contributed by atoms with Gasteiger partial charge < -0.3 is 19.2 Å². The summed E-state index contributed by atoms with van der Waals surface area (Å²) in [6.45, 7) is 6.07. The van der Waals surface area contributed by atoms with Gasteiger partial charge in [0.25, 0.3) is 5.69 Å². The quantitative estimate of drug-likeness (QED) is 0.167. The van der Waals surface area contributed by atoms with Crippen molar-refractivity contribution in [2.75, 3.05) is 19.0 Å². The molecule has 0 saturated heterocycles. The number of aryl methyl sites for hydroxylation is 1. The maximum Gasteiger partial charge on any atom is 0.271 e. The molecule has 0 aliphatic rings. The summed E-state index contributed by atoms with van der Waals surface area (Å²) >= 11 is 0. The second-order valence-electron chi connectivity index (χ2n) is 8.16. The molecule has 0 fully saturated rings. The predicted molar refractivity (Wildman–Crippen MR) is 139 cm³/mol. The number of non-ortho nitro benzene ring substituents is 1. The molecular weight excluding hydrogens is 460 g/mol.